The topological polar surface area (TPSA) is 43.4 Å². The van der Waals surface area contributed by atoms with Gasteiger partial charge in [-0.2, -0.15) is 0 Å². The number of rotatable bonds is 1. The number of carbonyl (C=O) groups is 2. The van der Waals surface area contributed by atoms with Crippen LogP contribution in [0.4, 0.5) is 0 Å². The lowest BCUT2D eigenvalue weighted by Gasteiger charge is -2.23. The van der Waals surface area contributed by atoms with E-state index in [0.717, 1.165) is 32.3 Å². The summed E-state index contributed by atoms with van der Waals surface area (Å²) in [6.45, 7) is 0.823. The predicted octanol–water partition coefficient (Wildman–Crippen LogP) is 2.27. The number of Topliss-reactive ketones (excluding diaryl/α,β-unsaturated/α-hetero) is 2. The lowest BCUT2D eigenvalue weighted by Crippen LogP contribution is -2.26. The largest absolute Gasteiger partial charge is 0.378 e. The summed E-state index contributed by atoms with van der Waals surface area (Å²) in [6.07, 6.45) is 7.54. The minimum Gasteiger partial charge on any atom is -0.378 e. The molecule has 0 aromatic heterocycles. The SMILES string of the molecule is O=C1CCCC(C2CCCCCO2)CC1=O. The molecule has 1 aliphatic carbocycles. The number of ether oxygens (including phenoxy) is 1. The van der Waals surface area contributed by atoms with Gasteiger partial charge in [0, 0.05) is 19.4 Å². The minimum absolute atomic E-state index is 0.170. The second-order valence-corrected chi connectivity index (χ2v) is 4.96. The minimum atomic E-state index is -0.171. The van der Waals surface area contributed by atoms with Crippen LogP contribution >= 0.6 is 0 Å². The van der Waals surface area contributed by atoms with Crippen molar-refractivity contribution in [2.75, 3.05) is 6.61 Å². The van der Waals surface area contributed by atoms with Crippen LogP contribution in [0.2, 0.25) is 0 Å². The molecule has 0 spiro atoms. The summed E-state index contributed by atoms with van der Waals surface area (Å²) in [5.74, 6) is -0.0523. The Morgan fingerprint density at radius 3 is 2.69 bits per heavy atom. The highest BCUT2D eigenvalue weighted by molar-refractivity contribution is 6.37. The molecule has 2 unspecified atom stereocenters. The number of carbonyl (C=O) groups excluding carboxylic acids is 2. The molecule has 1 heterocycles. The first-order valence-electron chi connectivity index (χ1n) is 6.45. The van der Waals surface area contributed by atoms with Crippen molar-refractivity contribution in [3.8, 4) is 0 Å². The van der Waals surface area contributed by atoms with Crippen LogP contribution in [0, 0.1) is 5.92 Å². The first-order valence-corrected chi connectivity index (χ1v) is 6.45. The normalized spacial score (nSPS) is 33.2. The second kappa shape index (κ2) is 5.58. The molecular weight excluding hydrogens is 204 g/mol. The number of ketones is 2. The Morgan fingerprint density at radius 1 is 0.938 bits per heavy atom. The van der Waals surface area contributed by atoms with Gasteiger partial charge in [-0.3, -0.25) is 9.59 Å². The monoisotopic (exact) mass is 224 g/mol. The third-order valence-corrected chi connectivity index (χ3v) is 3.73. The van der Waals surface area contributed by atoms with Crippen molar-refractivity contribution in [1.29, 1.82) is 0 Å². The van der Waals surface area contributed by atoms with Gasteiger partial charge in [0.05, 0.1) is 6.10 Å². The van der Waals surface area contributed by atoms with Gasteiger partial charge in [0.25, 0.3) is 0 Å². The maximum Gasteiger partial charge on any atom is 0.198 e. The van der Waals surface area contributed by atoms with Crippen molar-refractivity contribution in [2.24, 2.45) is 5.92 Å². The van der Waals surface area contributed by atoms with E-state index in [0.29, 0.717) is 12.8 Å². The third kappa shape index (κ3) is 2.91. The number of hydrogen-bond donors (Lipinski definition) is 0. The highest BCUT2D eigenvalue weighted by Crippen LogP contribution is 2.28. The van der Waals surface area contributed by atoms with E-state index in [1.165, 1.54) is 12.8 Å². The summed E-state index contributed by atoms with van der Waals surface area (Å²) in [6, 6.07) is 0. The molecule has 0 N–H and O–H groups in total. The summed E-state index contributed by atoms with van der Waals surface area (Å²) < 4.78 is 5.82. The van der Waals surface area contributed by atoms with Gasteiger partial charge in [0.2, 0.25) is 0 Å². The Hall–Kier alpha value is -0.700. The highest BCUT2D eigenvalue weighted by atomic mass is 16.5. The molecule has 2 aliphatic rings. The van der Waals surface area contributed by atoms with E-state index >= 15 is 0 Å². The van der Waals surface area contributed by atoms with E-state index in [1.807, 2.05) is 0 Å². The summed E-state index contributed by atoms with van der Waals surface area (Å²) in [4.78, 5) is 22.9. The van der Waals surface area contributed by atoms with E-state index in [1.54, 1.807) is 0 Å². The lowest BCUT2D eigenvalue weighted by atomic mass is 9.90. The Bertz CT molecular complexity index is 264. The van der Waals surface area contributed by atoms with Gasteiger partial charge in [-0.25, -0.2) is 0 Å². The first-order chi connectivity index (χ1) is 7.77. The van der Waals surface area contributed by atoms with Gasteiger partial charge in [-0.15, -0.1) is 0 Å². The van der Waals surface area contributed by atoms with Gasteiger partial charge in [-0.05, 0) is 31.6 Å². The number of hydrogen-bond acceptors (Lipinski definition) is 3. The molecular formula is C13H20O3. The Labute approximate surface area is 96.5 Å². The summed E-state index contributed by atoms with van der Waals surface area (Å²) in [5, 5.41) is 0. The molecule has 1 aliphatic heterocycles. The van der Waals surface area contributed by atoms with Gasteiger partial charge in [-0.1, -0.05) is 12.8 Å². The molecule has 1 saturated carbocycles. The second-order valence-electron chi connectivity index (χ2n) is 4.96. The average Bonchev–Trinajstić information content (AvgIpc) is 2.62. The molecule has 1 saturated heterocycles. The lowest BCUT2D eigenvalue weighted by molar-refractivity contribution is -0.137. The van der Waals surface area contributed by atoms with E-state index in [9.17, 15) is 9.59 Å². The van der Waals surface area contributed by atoms with Crippen LogP contribution in [0.1, 0.15) is 51.4 Å². The molecule has 2 atom stereocenters. The Morgan fingerprint density at radius 2 is 1.81 bits per heavy atom. The Kier molecular flexibility index (Phi) is 4.10. The first kappa shape index (κ1) is 11.8. The molecule has 0 aromatic rings. The van der Waals surface area contributed by atoms with Crippen LogP contribution < -0.4 is 0 Å². The zero-order valence-corrected chi connectivity index (χ0v) is 9.74. The van der Waals surface area contributed by atoms with E-state index in [-0.39, 0.29) is 23.6 Å². The summed E-state index contributed by atoms with van der Waals surface area (Å²) in [7, 11) is 0. The smallest absolute Gasteiger partial charge is 0.198 e. The fraction of sp³-hybridized carbons (Fsp3) is 0.846. The molecule has 3 heteroatoms. The standard InChI is InChI=1S/C13H20O3/c14-11-6-4-5-10(9-12(11)15)13-7-2-1-3-8-16-13/h10,13H,1-9H2. The van der Waals surface area contributed by atoms with E-state index in [4.69, 9.17) is 4.74 Å². The molecule has 90 valence electrons. The fourth-order valence-corrected chi connectivity index (χ4v) is 2.75. The van der Waals surface area contributed by atoms with Crippen LogP contribution in [0.15, 0.2) is 0 Å². The van der Waals surface area contributed by atoms with Crippen LogP contribution in [0.5, 0.6) is 0 Å². The van der Waals surface area contributed by atoms with Crippen LogP contribution in [-0.2, 0) is 14.3 Å². The molecule has 0 bridgehead atoms. The molecule has 3 nitrogen and oxygen atoms in total. The third-order valence-electron chi connectivity index (χ3n) is 3.73. The molecule has 0 amide bonds. The summed E-state index contributed by atoms with van der Waals surface area (Å²) in [5.41, 5.74) is 0. The molecule has 2 rings (SSSR count). The van der Waals surface area contributed by atoms with Crippen molar-refractivity contribution in [3.05, 3.63) is 0 Å². The van der Waals surface area contributed by atoms with E-state index in [2.05, 4.69) is 0 Å². The zero-order valence-electron chi connectivity index (χ0n) is 9.74. The van der Waals surface area contributed by atoms with Crippen LogP contribution in [-0.4, -0.2) is 24.3 Å². The average molecular weight is 224 g/mol. The van der Waals surface area contributed by atoms with E-state index < -0.39 is 0 Å². The van der Waals surface area contributed by atoms with Crippen molar-refractivity contribution in [3.63, 3.8) is 0 Å². The maximum absolute atomic E-state index is 11.5. The highest BCUT2D eigenvalue weighted by Gasteiger charge is 2.30. The van der Waals surface area contributed by atoms with Crippen molar-refractivity contribution < 1.29 is 14.3 Å². The van der Waals surface area contributed by atoms with Gasteiger partial charge in [0.1, 0.15) is 0 Å². The van der Waals surface area contributed by atoms with Gasteiger partial charge < -0.3 is 4.74 Å². The van der Waals surface area contributed by atoms with Gasteiger partial charge >= 0.3 is 0 Å². The van der Waals surface area contributed by atoms with Crippen molar-refractivity contribution >= 4 is 11.6 Å². The molecule has 0 radical (unpaired) electrons. The quantitative estimate of drug-likeness (QED) is 0.507. The molecule has 2 fully saturated rings. The summed E-state index contributed by atoms with van der Waals surface area (Å²) >= 11 is 0. The van der Waals surface area contributed by atoms with Gasteiger partial charge in [0.15, 0.2) is 11.6 Å². The van der Waals surface area contributed by atoms with Crippen molar-refractivity contribution in [2.45, 2.75) is 57.5 Å². The maximum atomic E-state index is 11.5. The van der Waals surface area contributed by atoms with Crippen LogP contribution in [0.3, 0.4) is 0 Å². The molecule has 0 aromatic carbocycles. The predicted molar refractivity (Wildman–Crippen MR) is 60.2 cm³/mol. The zero-order chi connectivity index (χ0) is 11.4. The Balaban J connectivity index is 1.96. The fourth-order valence-electron chi connectivity index (χ4n) is 2.75. The molecule has 16 heavy (non-hydrogen) atoms. The van der Waals surface area contributed by atoms with Crippen LogP contribution in [0.25, 0.3) is 0 Å². The van der Waals surface area contributed by atoms with Crippen molar-refractivity contribution in [1.82, 2.24) is 0 Å².